The predicted octanol–water partition coefficient (Wildman–Crippen LogP) is 2.40. The molecule has 1 aliphatic rings. The molecule has 7 nitrogen and oxygen atoms in total. The van der Waals surface area contributed by atoms with E-state index in [2.05, 4.69) is 9.71 Å². The SMILES string of the molecule is CS(=O)(=O)c1cc(Oc2ccccc2)ccc1S(=O)(=O)N=C1CCNCC1. The van der Waals surface area contributed by atoms with Crippen molar-refractivity contribution in [2.45, 2.75) is 22.6 Å². The third-order valence-corrected chi connectivity index (χ3v) is 6.68. The van der Waals surface area contributed by atoms with Crippen LogP contribution in [0, 0.1) is 0 Å². The molecule has 2 aromatic rings. The summed E-state index contributed by atoms with van der Waals surface area (Å²) in [7, 11) is -7.95. The molecule has 0 aliphatic carbocycles. The van der Waals surface area contributed by atoms with Crippen molar-refractivity contribution in [2.24, 2.45) is 4.40 Å². The van der Waals surface area contributed by atoms with Crippen LogP contribution >= 0.6 is 0 Å². The molecular weight excluding hydrogens is 388 g/mol. The van der Waals surface area contributed by atoms with Crippen molar-refractivity contribution < 1.29 is 21.6 Å². The first-order valence-electron chi connectivity index (χ1n) is 8.36. The Balaban J connectivity index is 2.02. The first-order valence-corrected chi connectivity index (χ1v) is 11.7. The third-order valence-electron chi connectivity index (χ3n) is 4.00. The second-order valence-electron chi connectivity index (χ2n) is 6.18. The maximum absolute atomic E-state index is 12.7. The smallest absolute Gasteiger partial charge is 0.283 e. The zero-order chi connectivity index (χ0) is 19.5. The maximum atomic E-state index is 12.7. The Morgan fingerprint density at radius 2 is 1.56 bits per heavy atom. The number of hydrogen-bond donors (Lipinski definition) is 1. The number of rotatable bonds is 5. The molecule has 0 bridgehead atoms. The second-order valence-corrected chi connectivity index (χ2v) is 9.74. The Morgan fingerprint density at radius 1 is 0.889 bits per heavy atom. The number of piperidine rings is 1. The fourth-order valence-electron chi connectivity index (χ4n) is 2.71. The maximum Gasteiger partial charge on any atom is 0.283 e. The van der Waals surface area contributed by atoms with Crippen LogP contribution < -0.4 is 10.1 Å². The Labute approximate surface area is 159 Å². The number of para-hydroxylation sites is 1. The Morgan fingerprint density at radius 3 is 2.19 bits per heavy atom. The van der Waals surface area contributed by atoms with Gasteiger partial charge < -0.3 is 10.1 Å². The van der Waals surface area contributed by atoms with E-state index in [1.807, 2.05) is 6.07 Å². The van der Waals surface area contributed by atoms with Crippen LogP contribution in [-0.4, -0.2) is 41.9 Å². The lowest BCUT2D eigenvalue weighted by Gasteiger charge is -2.15. The molecule has 0 saturated carbocycles. The van der Waals surface area contributed by atoms with Crippen molar-refractivity contribution in [1.29, 1.82) is 0 Å². The van der Waals surface area contributed by atoms with E-state index in [0.29, 0.717) is 37.4 Å². The number of sulfone groups is 1. The van der Waals surface area contributed by atoms with Gasteiger partial charge in [0.2, 0.25) is 0 Å². The highest BCUT2D eigenvalue weighted by Crippen LogP contribution is 2.30. The van der Waals surface area contributed by atoms with E-state index < -0.39 is 19.9 Å². The molecule has 1 N–H and O–H groups in total. The molecule has 0 amide bonds. The zero-order valence-electron chi connectivity index (χ0n) is 14.8. The minimum absolute atomic E-state index is 0.232. The Kier molecular flexibility index (Phi) is 5.64. The lowest BCUT2D eigenvalue weighted by molar-refractivity contribution is 0.479. The highest BCUT2D eigenvalue weighted by Gasteiger charge is 2.25. The van der Waals surface area contributed by atoms with Crippen LogP contribution in [0.5, 0.6) is 11.5 Å². The molecular formula is C18H20N2O5S2. The van der Waals surface area contributed by atoms with Gasteiger partial charge in [-0.25, -0.2) is 8.42 Å². The number of ether oxygens (including phenoxy) is 1. The van der Waals surface area contributed by atoms with Gasteiger partial charge in [0.1, 0.15) is 16.4 Å². The van der Waals surface area contributed by atoms with E-state index in [-0.39, 0.29) is 15.5 Å². The molecule has 144 valence electrons. The number of nitrogens with zero attached hydrogens (tertiary/aromatic N) is 1. The lowest BCUT2D eigenvalue weighted by Crippen LogP contribution is -2.28. The van der Waals surface area contributed by atoms with Gasteiger partial charge in [0.05, 0.1) is 4.90 Å². The lowest BCUT2D eigenvalue weighted by atomic mass is 10.1. The first kappa shape index (κ1) is 19.5. The molecule has 0 radical (unpaired) electrons. The molecule has 1 heterocycles. The first-order chi connectivity index (χ1) is 12.8. The minimum Gasteiger partial charge on any atom is -0.457 e. The van der Waals surface area contributed by atoms with E-state index >= 15 is 0 Å². The third kappa shape index (κ3) is 4.94. The number of benzene rings is 2. The van der Waals surface area contributed by atoms with Gasteiger partial charge in [-0.2, -0.15) is 12.8 Å². The van der Waals surface area contributed by atoms with Crippen molar-refractivity contribution in [3.63, 3.8) is 0 Å². The minimum atomic E-state index is -4.14. The van der Waals surface area contributed by atoms with Gasteiger partial charge in [0.25, 0.3) is 10.0 Å². The summed E-state index contributed by atoms with van der Waals surface area (Å²) < 4.78 is 59.4. The number of nitrogens with one attached hydrogen (secondary N) is 1. The summed E-state index contributed by atoms with van der Waals surface area (Å²) >= 11 is 0. The molecule has 3 rings (SSSR count). The van der Waals surface area contributed by atoms with Crippen molar-refractivity contribution in [1.82, 2.24) is 5.32 Å². The van der Waals surface area contributed by atoms with Gasteiger partial charge in [-0.05, 0) is 37.1 Å². The fraction of sp³-hybridized carbons (Fsp3) is 0.278. The van der Waals surface area contributed by atoms with Crippen LogP contribution in [0.25, 0.3) is 0 Å². The topological polar surface area (TPSA) is 102 Å². The van der Waals surface area contributed by atoms with Crippen molar-refractivity contribution in [2.75, 3.05) is 19.3 Å². The molecule has 1 aliphatic heterocycles. The molecule has 0 unspecified atom stereocenters. The molecule has 0 spiro atoms. The predicted molar refractivity (Wildman–Crippen MR) is 103 cm³/mol. The van der Waals surface area contributed by atoms with Crippen molar-refractivity contribution in [3.05, 3.63) is 48.5 Å². The van der Waals surface area contributed by atoms with Gasteiger partial charge >= 0.3 is 0 Å². The molecule has 0 atom stereocenters. The molecule has 1 fully saturated rings. The number of sulfonamides is 1. The summed E-state index contributed by atoms with van der Waals surface area (Å²) in [4.78, 5) is -0.661. The summed E-state index contributed by atoms with van der Waals surface area (Å²) in [5.74, 6) is 0.748. The normalized spacial score (nSPS) is 15.4. The van der Waals surface area contributed by atoms with Crippen LogP contribution in [0.4, 0.5) is 0 Å². The highest BCUT2D eigenvalue weighted by molar-refractivity contribution is 7.93. The Hall–Kier alpha value is -2.23. The quantitative estimate of drug-likeness (QED) is 0.815. The molecule has 27 heavy (non-hydrogen) atoms. The Bertz CT molecular complexity index is 1050. The monoisotopic (exact) mass is 408 g/mol. The zero-order valence-corrected chi connectivity index (χ0v) is 16.4. The molecule has 0 aromatic heterocycles. The average Bonchev–Trinajstić information content (AvgIpc) is 2.62. The van der Waals surface area contributed by atoms with Crippen molar-refractivity contribution in [3.8, 4) is 11.5 Å². The summed E-state index contributed by atoms with van der Waals surface area (Å²) in [6.07, 6.45) is 2.00. The van der Waals surface area contributed by atoms with Crippen molar-refractivity contribution >= 4 is 25.6 Å². The number of hydrogen-bond acceptors (Lipinski definition) is 6. The van der Waals surface area contributed by atoms with E-state index in [9.17, 15) is 16.8 Å². The fourth-order valence-corrected chi connectivity index (χ4v) is 5.41. The van der Waals surface area contributed by atoms with Gasteiger partial charge in [0.15, 0.2) is 9.84 Å². The van der Waals surface area contributed by atoms with E-state index in [0.717, 1.165) is 6.26 Å². The molecule has 2 aromatic carbocycles. The van der Waals surface area contributed by atoms with Crippen LogP contribution in [0.2, 0.25) is 0 Å². The molecule has 1 saturated heterocycles. The highest BCUT2D eigenvalue weighted by atomic mass is 32.2. The summed E-state index contributed by atoms with van der Waals surface area (Å²) in [5.41, 5.74) is 0.540. The summed E-state index contributed by atoms with van der Waals surface area (Å²) in [6.45, 7) is 1.30. The van der Waals surface area contributed by atoms with Gasteiger partial charge in [0, 0.05) is 31.1 Å². The largest absolute Gasteiger partial charge is 0.457 e. The second kappa shape index (κ2) is 7.79. The van der Waals surface area contributed by atoms with E-state index in [4.69, 9.17) is 4.74 Å². The van der Waals surface area contributed by atoms with Gasteiger partial charge in [-0.1, -0.05) is 18.2 Å². The van der Waals surface area contributed by atoms with E-state index in [1.165, 1.54) is 18.2 Å². The van der Waals surface area contributed by atoms with E-state index in [1.54, 1.807) is 24.3 Å². The van der Waals surface area contributed by atoms with Gasteiger partial charge in [-0.15, -0.1) is 0 Å². The van der Waals surface area contributed by atoms with Crippen LogP contribution in [0.1, 0.15) is 12.8 Å². The molecule has 9 heteroatoms. The average molecular weight is 409 g/mol. The summed E-state index contributed by atoms with van der Waals surface area (Å²) in [5, 5.41) is 3.12. The van der Waals surface area contributed by atoms with Crippen LogP contribution in [0.3, 0.4) is 0 Å². The standard InChI is InChI=1S/C18H20N2O5S2/c1-26(21,22)18-13-16(25-15-5-3-2-4-6-15)7-8-17(18)27(23,24)20-14-9-11-19-12-10-14/h2-8,13,19H,9-12H2,1H3. The van der Waals surface area contributed by atoms with Gasteiger partial charge in [-0.3, -0.25) is 0 Å². The van der Waals surface area contributed by atoms with Crippen LogP contribution in [-0.2, 0) is 19.9 Å². The van der Waals surface area contributed by atoms with Crippen LogP contribution in [0.15, 0.2) is 62.7 Å². The summed E-state index contributed by atoms with van der Waals surface area (Å²) in [6, 6.07) is 12.7.